The number of carbonyl (C=O) groups excluding carboxylic acids is 3. The van der Waals surface area contributed by atoms with Gasteiger partial charge in [0, 0.05) is 45.9 Å². The summed E-state index contributed by atoms with van der Waals surface area (Å²) in [7, 11) is 0. The summed E-state index contributed by atoms with van der Waals surface area (Å²) in [6.07, 6.45) is 3.48. The molecule has 6 N–H and O–H groups in total. The first kappa shape index (κ1) is 24.6. The summed E-state index contributed by atoms with van der Waals surface area (Å²) < 4.78 is 5.91. The van der Waals surface area contributed by atoms with Crippen LogP contribution in [0.4, 0.5) is 10.3 Å². The second kappa shape index (κ2) is 9.75. The van der Waals surface area contributed by atoms with Crippen molar-refractivity contribution in [1.82, 2.24) is 24.6 Å². The fraction of sp³-hybridized carbons (Fsp3) is 0.200. The van der Waals surface area contributed by atoms with E-state index >= 15 is 0 Å². The molecular weight excluding hydrogens is 542 g/mol. The zero-order valence-electron chi connectivity index (χ0n) is 18.6. The molecule has 0 radical (unpaired) electrons. The lowest BCUT2D eigenvalue weighted by molar-refractivity contribution is -0.689. The molecular formula is C20H17N9O5S3. The highest BCUT2D eigenvalue weighted by atomic mass is 32.2. The van der Waals surface area contributed by atoms with Gasteiger partial charge in [0.1, 0.15) is 17.1 Å². The molecule has 1 saturated heterocycles. The minimum Gasteiger partial charge on any atom is -0.543 e. The predicted octanol–water partition coefficient (Wildman–Crippen LogP) is -1.60. The Morgan fingerprint density at radius 1 is 1.27 bits per heavy atom. The van der Waals surface area contributed by atoms with E-state index < -0.39 is 34.9 Å². The Bertz CT molecular complexity index is 1470. The number of pyridine rings is 1. The van der Waals surface area contributed by atoms with Crippen LogP contribution in [0.25, 0.3) is 11.4 Å². The molecule has 2 aliphatic rings. The van der Waals surface area contributed by atoms with E-state index in [4.69, 9.17) is 11.5 Å². The Kier molecular flexibility index (Phi) is 6.48. The number of carboxylic acids is 1. The number of hydrogen-bond donors (Lipinski definition) is 4. The first-order chi connectivity index (χ1) is 17.8. The molecule has 1 fully saturated rings. The topological polar surface area (TPSA) is 217 Å². The summed E-state index contributed by atoms with van der Waals surface area (Å²) >= 11 is 3.43. The summed E-state index contributed by atoms with van der Waals surface area (Å²) in [6, 6.07) is 2.53. The number of nitrogens with two attached hydrogens (primary N) is 2. The van der Waals surface area contributed by atoms with Crippen LogP contribution >= 0.6 is 34.6 Å². The number of nitrogens with one attached hydrogen (secondary N) is 1. The number of carboxylic acid groups (broad SMARTS) is 1. The fourth-order valence-corrected chi connectivity index (χ4v) is 6.23. The van der Waals surface area contributed by atoms with Crippen molar-refractivity contribution in [2.24, 2.45) is 5.16 Å². The molecule has 0 aromatic carbocycles. The normalized spacial score (nSPS) is 19.4. The minimum atomic E-state index is -1.49. The smallest absolute Gasteiger partial charge is 0.276 e. The van der Waals surface area contributed by atoms with Crippen molar-refractivity contribution in [2.75, 3.05) is 17.2 Å². The number of hydrogen-bond acceptors (Lipinski definition) is 14. The van der Waals surface area contributed by atoms with Crippen molar-refractivity contribution in [3.63, 3.8) is 0 Å². The maximum atomic E-state index is 12.9. The summed E-state index contributed by atoms with van der Waals surface area (Å²) in [5.41, 5.74) is 11.8. The first-order valence-electron chi connectivity index (χ1n) is 10.5. The summed E-state index contributed by atoms with van der Waals surface area (Å²) in [6.45, 7) is 0.198. The van der Waals surface area contributed by atoms with Crippen LogP contribution in [-0.4, -0.2) is 65.1 Å². The van der Waals surface area contributed by atoms with Crippen LogP contribution in [-0.2, 0) is 20.9 Å². The number of β-lactam (4-membered cyclic amide) rings is 1. The highest BCUT2D eigenvalue weighted by molar-refractivity contribution is 8.00. The number of thiazole rings is 1. The van der Waals surface area contributed by atoms with E-state index in [1.54, 1.807) is 29.1 Å². The van der Waals surface area contributed by atoms with E-state index in [0.29, 0.717) is 16.5 Å². The van der Waals surface area contributed by atoms with Gasteiger partial charge in [0.15, 0.2) is 40.7 Å². The molecule has 2 amide bonds. The van der Waals surface area contributed by atoms with Crippen LogP contribution < -0.4 is 26.5 Å². The number of nitrogen functional groups attached to an aromatic ring is 2. The van der Waals surface area contributed by atoms with Crippen LogP contribution in [0.15, 0.2) is 46.3 Å². The van der Waals surface area contributed by atoms with E-state index in [9.17, 15) is 24.7 Å². The molecule has 0 saturated carbocycles. The molecule has 3 aromatic heterocycles. The van der Waals surface area contributed by atoms with Crippen molar-refractivity contribution in [3.05, 3.63) is 46.9 Å². The monoisotopic (exact) mass is 559 g/mol. The molecule has 5 rings (SSSR count). The number of anilines is 2. The zero-order chi connectivity index (χ0) is 26.3. The van der Waals surface area contributed by atoms with Gasteiger partial charge in [-0.25, -0.2) is 9.55 Å². The second-order valence-electron chi connectivity index (χ2n) is 7.84. The molecule has 5 heterocycles. The van der Waals surface area contributed by atoms with Crippen molar-refractivity contribution in [1.29, 1.82) is 0 Å². The minimum absolute atomic E-state index is 0.0529. The highest BCUT2D eigenvalue weighted by Gasteiger charge is 2.53. The van der Waals surface area contributed by atoms with Crippen LogP contribution in [0, 0.1) is 0 Å². The molecule has 17 heteroatoms. The number of thioether (sulfide) groups is 1. The van der Waals surface area contributed by atoms with E-state index in [1.807, 2.05) is 0 Å². The number of oxime groups is 1. The first-order valence-corrected chi connectivity index (χ1v) is 13.2. The summed E-state index contributed by atoms with van der Waals surface area (Å²) in [5, 5.41) is 28.1. The molecule has 14 nitrogen and oxygen atoms in total. The number of aliphatic carboxylic acids is 1. The molecule has 0 bridgehead atoms. The van der Waals surface area contributed by atoms with Gasteiger partial charge in [0.2, 0.25) is 0 Å². The lowest BCUT2D eigenvalue weighted by Gasteiger charge is -2.50. The van der Waals surface area contributed by atoms with Gasteiger partial charge in [0.05, 0.1) is 11.7 Å². The highest BCUT2D eigenvalue weighted by Crippen LogP contribution is 2.40. The number of aromatic nitrogens is 4. The molecule has 0 unspecified atom stereocenters. The third-order valence-electron chi connectivity index (χ3n) is 5.57. The lowest BCUT2D eigenvalue weighted by atomic mass is 10.0. The number of nitrogens with zero attached hydrogens (tertiary/aromatic N) is 6. The van der Waals surface area contributed by atoms with Gasteiger partial charge in [-0.2, -0.15) is 9.36 Å². The van der Waals surface area contributed by atoms with E-state index in [2.05, 4.69) is 24.8 Å². The summed E-state index contributed by atoms with van der Waals surface area (Å²) in [5.74, 6) is -2.18. The van der Waals surface area contributed by atoms with Crippen molar-refractivity contribution in [2.45, 2.75) is 18.0 Å². The number of amides is 2. The van der Waals surface area contributed by atoms with Gasteiger partial charge in [0.25, 0.3) is 11.8 Å². The Balaban J connectivity index is 1.31. The quantitative estimate of drug-likeness (QED) is 0.0849. The van der Waals surface area contributed by atoms with Crippen LogP contribution in [0.2, 0.25) is 0 Å². The third kappa shape index (κ3) is 4.58. The van der Waals surface area contributed by atoms with Crippen LogP contribution in [0.3, 0.4) is 0 Å². The Hall–Kier alpha value is -4.09. The molecule has 37 heavy (non-hydrogen) atoms. The van der Waals surface area contributed by atoms with Crippen molar-refractivity contribution >= 4 is 68.4 Å². The zero-order valence-corrected chi connectivity index (χ0v) is 21.0. The second-order valence-corrected chi connectivity index (χ2v) is 10.6. The largest absolute Gasteiger partial charge is 0.543 e. The average molecular weight is 560 g/mol. The van der Waals surface area contributed by atoms with Crippen molar-refractivity contribution < 1.29 is 29.3 Å². The molecule has 0 aliphatic carbocycles. The van der Waals surface area contributed by atoms with E-state index in [-0.39, 0.29) is 28.8 Å². The van der Waals surface area contributed by atoms with Gasteiger partial charge in [-0.05, 0) is 0 Å². The third-order valence-corrected chi connectivity index (χ3v) is 8.13. The summed E-state index contributed by atoms with van der Waals surface area (Å²) in [4.78, 5) is 46.7. The molecule has 2 aliphatic heterocycles. The molecule has 2 atom stereocenters. The average Bonchev–Trinajstić information content (AvgIpc) is 3.51. The predicted molar refractivity (Wildman–Crippen MR) is 132 cm³/mol. The van der Waals surface area contributed by atoms with Gasteiger partial charge in [-0.1, -0.05) is 5.16 Å². The van der Waals surface area contributed by atoms with E-state index in [0.717, 1.165) is 33.3 Å². The Labute approximate surface area is 220 Å². The lowest BCUT2D eigenvalue weighted by Crippen LogP contribution is -2.71. The van der Waals surface area contributed by atoms with Crippen molar-refractivity contribution in [3.8, 4) is 11.4 Å². The van der Waals surface area contributed by atoms with Gasteiger partial charge in [-0.15, -0.1) is 23.1 Å². The van der Waals surface area contributed by atoms with Gasteiger partial charge < -0.3 is 31.9 Å². The SMILES string of the molecule is Nc1nc(C(=NO)C(=O)N[C@@H]2C(=O)N3C(C(=O)[O-])=C(C[n+]4ccc(-c5nsc(N)n5)cc4)CS[C@@H]23)cs1. The standard InChI is InChI=1S/C20H17N9O5S3/c21-19-23-10(7-36-19)11(26-34)15(30)24-12-16(31)29-13(18(32)33)9(6-35-17(12)29)5-28-3-1-8(2-4-28)14-25-20(22)37-27-14/h1-4,7,12,17H,5-6H2,(H6-,21,22,23,24,25,27,30,32,33,34)/t12-,17+/m1/s1. The van der Waals surface area contributed by atoms with E-state index in [1.165, 1.54) is 17.1 Å². The van der Waals surface area contributed by atoms with Crippen LogP contribution in [0.1, 0.15) is 5.69 Å². The molecule has 3 aromatic rings. The molecule has 0 spiro atoms. The molecule has 190 valence electrons. The number of fused-ring (bicyclic) bond motifs is 1. The maximum absolute atomic E-state index is 12.9. The number of rotatable bonds is 7. The Morgan fingerprint density at radius 3 is 2.62 bits per heavy atom. The van der Waals surface area contributed by atoms with Crippen LogP contribution in [0.5, 0.6) is 0 Å². The maximum Gasteiger partial charge on any atom is 0.276 e. The number of carbonyl (C=O) groups is 3. The van der Waals surface area contributed by atoms with Gasteiger partial charge in [-0.3, -0.25) is 14.5 Å². The van der Waals surface area contributed by atoms with Gasteiger partial charge >= 0.3 is 0 Å². The fourth-order valence-electron chi connectivity index (χ4n) is 3.90. The Morgan fingerprint density at radius 2 is 2.03 bits per heavy atom.